The summed E-state index contributed by atoms with van der Waals surface area (Å²) in [6, 6.07) is 0.0214. The standard InChI is InChI=1S/C11H18N2O3/c1-8-2-4-12(6-8)11(16)13-5-3-9(7-13)10(14)15/h8-9H,2-7H2,1H3,(H,14,15). The molecule has 2 saturated heterocycles. The second-order valence-electron chi connectivity index (χ2n) is 4.89. The smallest absolute Gasteiger partial charge is 0.320 e. The first-order chi connectivity index (χ1) is 7.58. The van der Waals surface area contributed by atoms with Gasteiger partial charge < -0.3 is 14.9 Å². The summed E-state index contributed by atoms with van der Waals surface area (Å²) in [5.41, 5.74) is 0. The molecule has 0 saturated carbocycles. The number of nitrogens with zero attached hydrogens (tertiary/aromatic N) is 2. The zero-order chi connectivity index (χ0) is 11.7. The highest BCUT2D eigenvalue weighted by Crippen LogP contribution is 2.21. The number of urea groups is 1. The Kier molecular flexibility index (Phi) is 3.03. The lowest BCUT2D eigenvalue weighted by molar-refractivity contribution is -0.141. The highest BCUT2D eigenvalue weighted by molar-refractivity contribution is 5.77. The van der Waals surface area contributed by atoms with Gasteiger partial charge >= 0.3 is 12.0 Å². The summed E-state index contributed by atoms with van der Waals surface area (Å²) in [6.07, 6.45) is 1.65. The number of aliphatic carboxylic acids is 1. The molecule has 2 fully saturated rings. The monoisotopic (exact) mass is 226 g/mol. The quantitative estimate of drug-likeness (QED) is 0.721. The molecule has 0 radical (unpaired) electrons. The number of hydrogen-bond donors (Lipinski definition) is 1. The van der Waals surface area contributed by atoms with Crippen LogP contribution in [0.5, 0.6) is 0 Å². The Morgan fingerprint density at radius 1 is 1.12 bits per heavy atom. The van der Waals surface area contributed by atoms with Crippen LogP contribution >= 0.6 is 0 Å². The fourth-order valence-electron chi connectivity index (χ4n) is 2.44. The van der Waals surface area contributed by atoms with Crippen LogP contribution in [-0.2, 0) is 4.79 Å². The van der Waals surface area contributed by atoms with Gasteiger partial charge in [0.2, 0.25) is 0 Å². The third-order valence-electron chi connectivity index (χ3n) is 3.50. The van der Waals surface area contributed by atoms with Crippen LogP contribution < -0.4 is 0 Å². The predicted octanol–water partition coefficient (Wildman–Crippen LogP) is 0.855. The van der Waals surface area contributed by atoms with E-state index in [0.29, 0.717) is 25.4 Å². The van der Waals surface area contributed by atoms with Gasteiger partial charge in [0.15, 0.2) is 0 Å². The van der Waals surface area contributed by atoms with Crippen LogP contribution in [0.3, 0.4) is 0 Å². The van der Waals surface area contributed by atoms with E-state index in [1.54, 1.807) is 4.90 Å². The van der Waals surface area contributed by atoms with Crippen molar-refractivity contribution in [1.82, 2.24) is 9.80 Å². The lowest BCUT2D eigenvalue weighted by Crippen LogP contribution is -2.41. The van der Waals surface area contributed by atoms with Crippen molar-refractivity contribution >= 4 is 12.0 Å². The van der Waals surface area contributed by atoms with Gasteiger partial charge in [-0.3, -0.25) is 4.79 Å². The number of hydrogen-bond acceptors (Lipinski definition) is 2. The Labute approximate surface area is 95.0 Å². The summed E-state index contributed by atoms with van der Waals surface area (Å²) in [5, 5.41) is 8.87. The second-order valence-corrected chi connectivity index (χ2v) is 4.89. The molecule has 16 heavy (non-hydrogen) atoms. The SMILES string of the molecule is CC1CCN(C(=O)N2CCC(C(=O)O)C2)C1. The molecule has 2 rings (SSSR count). The Morgan fingerprint density at radius 2 is 1.75 bits per heavy atom. The summed E-state index contributed by atoms with van der Waals surface area (Å²) < 4.78 is 0. The average molecular weight is 226 g/mol. The predicted molar refractivity (Wildman–Crippen MR) is 58.1 cm³/mol. The number of carbonyl (C=O) groups is 2. The third-order valence-corrected chi connectivity index (χ3v) is 3.50. The molecule has 0 aliphatic carbocycles. The highest BCUT2D eigenvalue weighted by atomic mass is 16.4. The molecule has 90 valence electrons. The topological polar surface area (TPSA) is 60.9 Å². The zero-order valence-corrected chi connectivity index (χ0v) is 9.56. The van der Waals surface area contributed by atoms with E-state index in [1.165, 1.54) is 0 Å². The minimum atomic E-state index is -0.787. The molecule has 5 nitrogen and oxygen atoms in total. The normalized spacial score (nSPS) is 29.8. The summed E-state index contributed by atoms with van der Waals surface area (Å²) in [5.74, 6) is -0.587. The van der Waals surface area contributed by atoms with Crippen molar-refractivity contribution in [3.8, 4) is 0 Å². The number of rotatable bonds is 1. The Bertz CT molecular complexity index is 306. The van der Waals surface area contributed by atoms with Crippen LogP contribution in [0.25, 0.3) is 0 Å². The van der Waals surface area contributed by atoms with Gasteiger partial charge in [-0.15, -0.1) is 0 Å². The first-order valence-electron chi connectivity index (χ1n) is 5.84. The molecular formula is C11H18N2O3. The molecule has 0 aromatic carbocycles. The number of carboxylic acids is 1. The summed E-state index contributed by atoms with van der Waals surface area (Å²) in [7, 11) is 0. The molecule has 2 heterocycles. The third kappa shape index (κ3) is 2.13. The average Bonchev–Trinajstić information content (AvgIpc) is 2.84. The highest BCUT2D eigenvalue weighted by Gasteiger charge is 2.34. The van der Waals surface area contributed by atoms with Crippen LogP contribution in [0, 0.1) is 11.8 Å². The minimum Gasteiger partial charge on any atom is -0.481 e. The first-order valence-corrected chi connectivity index (χ1v) is 5.84. The van der Waals surface area contributed by atoms with E-state index in [9.17, 15) is 9.59 Å². The lowest BCUT2D eigenvalue weighted by atomic mass is 10.1. The fraction of sp³-hybridized carbons (Fsp3) is 0.818. The van der Waals surface area contributed by atoms with Crippen molar-refractivity contribution in [3.63, 3.8) is 0 Å². The van der Waals surface area contributed by atoms with Gasteiger partial charge in [0.1, 0.15) is 0 Å². The van der Waals surface area contributed by atoms with Crippen LogP contribution in [0.1, 0.15) is 19.8 Å². The molecule has 0 aromatic rings. The molecule has 5 heteroatoms. The number of amides is 2. The Hall–Kier alpha value is -1.26. The Balaban J connectivity index is 1.89. The van der Waals surface area contributed by atoms with E-state index in [1.807, 2.05) is 4.90 Å². The molecule has 1 N–H and O–H groups in total. The van der Waals surface area contributed by atoms with Crippen LogP contribution in [-0.4, -0.2) is 53.1 Å². The van der Waals surface area contributed by atoms with Gasteiger partial charge in [0.25, 0.3) is 0 Å². The molecule has 0 bridgehead atoms. The maximum absolute atomic E-state index is 12.0. The van der Waals surface area contributed by atoms with Gasteiger partial charge in [-0.25, -0.2) is 4.79 Å². The van der Waals surface area contributed by atoms with E-state index in [4.69, 9.17) is 5.11 Å². The molecule has 2 aliphatic heterocycles. The van der Waals surface area contributed by atoms with Crippen molar-refractivity contribution in [2.24, 2.45) is 11.8 Å². The Morgan fingerprint density at radius 3 is 2.25 bits per heavy atom. The largest absolute Gasteiger partial charge is 0.481 e. The number of carbonyl (C=O) groups excluding carboxylic acids is 1. The van der Waals surface area contributed by atoms with Crippen LogP contribution in [0.2, 0.25) is 0 Å². The molecule has 2 amide bonds. The van der Waals surface area contributed by atoms with Gasteiger partial charge in [-0.2, -0.15) is 0 Å². The maximum Gasteiger partial charge on any atom is 0.320 e. The molecule has 2 aliphatic rings. The van der Waals surface area contributed by atoms with Crippen molar-refractivity contribution < 1.29 is 14.7 Å². The van der Waals surface area contributed by atoms with Crippen molar-refractivity contribution in [2.75, 3.05) is 26.2 Å². The first kappa shape index (κ1) is 11.2. The molecule has 0 aromatic heterocycles. The van der Waals surface area contributed by atoms with Crippen molar-refractivity contribution in [2.45, 2.75) is 19.8 Å². The summed E-state index contributed by atoms with van der Waals surface area (Å²) in [6.45, 7) is 4.72. The van der Waals surface area contributed by atoms with Crippen LogP contribution in [0.15, 0.2) is 0 Å². The molecule has 2 atom stereocenters. The second kappa shape index (κ2) is 4.31. The van der Waals surface area contributed by atoms with Crippen molar-refractivity contribution in [1.29, 1.82) is 0 Å². The van der Waals surface area contributed by atoms with Crippen LogP contribution in [0.4, 0.5) is 4.79 Å². The number of carboxylic acid groups (broad SMARTS) is 1. The fourth-order valence-corrected chi connectivity index (χ4v) is 2.44. The molecule has 0 spiro atoms. The van der Waals surface area contributed by atoms with Gasteiger partial charge in [0, 0.05) is 26.2 Å². The van der Waals surface area contributed by atoms with Gasteiger partial charge in [-0.05, 0) is 18.8 Å². The van der Waals surface area contributed by atoms with E-state index in [0.717, 1.165) is 19.5 Å². The van der Waals surface area contributed by atoms with E-state index < -0.39 is 5.97 Å². The summed E-state index contributed by atoms with van der Waals surface area (Å²) in [4.78, 5) is 26.3. The number of likely N-dealkylation sites (tertiary alicyclic amines) is 2. The van der Waals surface area contributed by atoms with Crippen molar-refractivity contribution in [3.05, 3.63) is 0 Å². The lowest BCUT2D eigenvalue weighted by Gasteiger charge is -2.24. The van der Waals surface area contributed by atoms with Gasteiger partial charge in [0.05, 0.1) is 5.92 Å². The minimum absolute atomic E-state index is 0.0214. The van der Waals surface area contributed by atoms with E-state index in [-0.39, 0.29) is 11.9 Å². The van der Waals surface area contributed by atoms with Gasteiger partial charge in [-0.1, -0.05) is 6.92 Å². The summed E-state index contributed by atoms with van der Waals surface area (Å²) >= 11 is 0. The molecule has 2 unspecified atom stereocenters. The molecular weight excluding hydrogens is 208 g/mol. The zero-order valence-electron chi connectivity index (χ0n) is 9.56. The van der Waals surface area contributed by atoms with E-state index in [2.05, 4.69) is 6.92 Å². The maximum atomic E-state index is 12.0. The van der Waals surface area contributed by atoms with E-state index >= 15 is 0 Å².